The summed E-state index contributed by atoms with van der Waals surface area (Å²) in [5.74, 6) is 0.549. The van der Waals surface area contributed by atoms with Gasteiger partial charge >= 0.3 is 0 Å². The fourth-order valence-corrected chi connectivity index (χ4v) is 5.89. The summed E-state index contributed by atoms with van der Waals surface area (Å²) in [5, 5.41) is 6.13. The molecule has 3 heterocycles. The van der Waals surface area contributed by atoms with E-state index < -0.39 is 16.1 Å². The highest BCUT2D eigenvalue weighted by Crippen LogP contribution is 2.32. The number of ether oxygens (including phenoxy) is 1. The van der Waals surface area contributed by atoms with E-state index in [1.807, 2.05) is 42.6 Å². The van der Waals surface area contributed by atoms with Gasteiger partial charge in [-0.1, -0.05) is 18.2 Å². The maximum atomic E-state index is 13.2. The van der Waals surface area contributed by atoms with Gasteiger partial charge in [-0.05, 0) is 36.1 Å². The molecule has 1 saturated heterocycles. The van der Waals surface area contributed by atoms with Gasteiger partial charge in [-0.15, -0.1) is 11.3 Å². The van der Waals surface area contributed by atoms with Crippen LogP contribution in [0, 0.1) is 6.92 Å². The van der Waals surface area contributed by atoms with Crippen LogP contribution >= 0.6 is 11.3 Å². The van der Waals surface area contributed by atoms with Crippen LogP contribution in [0.5, 0.6) is 0 Å². The van der Waals surface area contributed by atoms with E-state index in [1.165, 1.54) is 22.0 Å². The van der Waals surface area contributed by atoms with Gasteiger partial charge in [0.15, 0.2) is 5.82 Å². The monoisotopic (exact) mass is 390 g/mol. The minimum absolute atomic E-state index is 0.245. The Kier molecular flexibility index (Phi) is 4.62. The predicted molar refractivity (Wildman–Crippen MR) is 97.9 cm³/mol. The lowest BCUT2D eigenvalue weighted by Gasteiger charge is -2.33. The SMILES string of the molecule is Cc1csc(S(=O)(=O)N2CCOCC2c2ncnn2-c2ccccc2)c1. The average molecular weight is 390 g/mol. The van der Waals surface area contributed by atoms with E-state index in [0.717, 1.165) is 11.3 Å². The second-order valence-electron chi connectivity index (χ2n) is 6.02. The summed E-state index contributed by atoms with van der Waals surface area (Å²) in [4.78, 5) is 4.35. The topological polar surface area (TPSA) is 77.3 Å². The van der Waals surface area contributed by atoms with E-state index in [9.17, 15) is 8.42 Å². The van der Waals surface area contributed by atoms with Gasteiger partial charge in [0.25, 0.3) is 10.0 Å². The van der Waals surface area contributed by atoms with Crippen LogP contribution in [0.3, 0.4) is 0 Å². The summed E-state index contributed by atoms with van der Waals surface area (Å²) in [7, 11) is -3.62. The van der Waals surface area contributed by atoms with Crippen molar-refractivity contribution in [3.05, 3.63) is 59.5 Å². The Balaban J connectivity index is 1.75. The number of nitrogens with zero attached hydrogens (tertiary/aromatic N) is 4. The summed E-state index contributed by atoms with van der Waals surface area (Å²) in [6, 6.07) is 10.7. The second-order valence-corrected chi connectivity index (χ2v) is 9.04. The van der Waals surface area contributed by atoms with Gasteiger partial charge < -0.3 is 4.74 Å². The molecule has 0 spiro atoms. The van der Waals surface area contributed by atoms with Crippen LogP contribution in [-0.2, 0) is 14.8 Å². The molecule has 0 N–H and O–H groups in total. The number of hydrogen-bond donors (Lipinski definition) is 0. The molecule has 136 valence electrons. The third-order valence-electron chi connectivity index (χ3n) is 4.22. The van der Waals surface area contributed by atoms with Gasteiger partial charge in [0.1, 0.15) is 16.6 Å². The van der Waals surface area contributed by atoms with E-state index in [4.69, 9.17) is 4.74 Å². The summed E-state index contributed by atoms with van der Waals surface area (Å²) >= 11 is 1.24. The molecular weight excluding hydrogens is 372 g/mol. The van der Waals surface area contributed by atoms with E-state index in [0.29, 0.717) is 16.6 Å². The molecule has 7 nitrogen and oxygen atoms in total. The van der Waals surface area contributed by atoms with Crippen molar-refractivity contribution in [3.8, 4) is 5.69 Å². The molecular formula is C17H18N4O3S2. The molecule has 0 amide bonds. The minimum Gasteiger partial charge on any atom is -0.378 e. The largest absolute Gasteiger partial charge is 0.378 e. The number of morpholine rings is 1. The second kappa shape index (κ2) is 6.92. The maximum Gasteiger partial charge on any atom is 0.253 e. The summed E-state index contributed by atoms with van der Waals surface area (Å²) in [6.45, 7) is 2.78. The van der Waals surface area contributed by atoms with E-state index in [1.54, 1.807) is 10.7 Å². The number of sulfonamides is 1. The highest BCUT2D eigenvalue weighted by molar-refractivity contribution is 7.91. The Labute approximate surface area is 155 Å². The van der Waals surface area contributed by atoms with Crippen LogP contribution in [0.1, 0.15) is 17.4 Å². The van der Waals surface area contributed by atoms with Gasteiger partial charge in [0, 0.05) is 6.54 Å². The van der Waals surface area contributed by atoms with Crippen molar-refractivity contribution < 1.29 is 13.2 Å². The van der Waals surface area contributed by atoms with Crippen LogP contribution in [0.2, 0.25) is 0 Å². The lowest BCUT2D eigenvalue weighted by atomic mass is 10.2. The zero-order valence-electron chi connectivity index (χ0n) is 14.1. The predicted octanol–water partition coefficient (Wildman–Crippen LogP) is 2.40. The number of hydrogen-bond acceptors (Lipinski definition) is 6. The Morgan fingerprint density at radius 3 is 2.81 bits per heavy atom. The molecule has 3 aromatic rings. The Hall–Kier alpha value is -2.07. The van der Waals surface area contributed by atoms with Gasteiger partial charge in [0.2, 0.25) is 0 Å². The van der Waals surface area contributed by atoms with Crippen LogP contribution in [0.15, 0.2) is 52.3 Å². The molecule has 1 atom stereocenters. The standard InChI is InChI=1S/C17H18N4O3S2/c1-13-9-16(25-11-13)26(22,23)20-7-8-24-10-15(20)17-18-12-19-21(17)14-5-3-2-4-6-14/h2-6,9,11-12,15H,7-8,10H2,1H3. The number of rotatable bonds is 4. The highest BCUT2D eigenvalue weighted by atomic mass is 32.2. The first-order valence-corrected chi connectivity index (χ1v) is 10.5. The maximum absolute atomic E-state index is 13.2. The van der Waals surface area contributed by atoms with E-state index in [2.05, 4.69) is 10.1 Å². The molecule has 0 aliphatic carbocycles. The number of thiophene rings is 1. The Morgan fingerprint density at radius 2 is 2.08 bits per heavy atom. The van der Waals surface area contributed by atoms with Crippen LogP contribution in [-0.4, -0.2) is 47.2 Å². The zero-order valence-corrected chi connectivity index (χ0v) is 15.8. The Morgan fingerprint density at radius 1 is 1.27 bits per heavy atom. The van der Waals surface area contributed by atoms with E-state index in [-0.39, 0.29) is 13.2 Å². The molecule has 1 aliphatic rings. The fourth-order valence-electron chi connectivity index (χ4n) is 2.98. The lowest BCUT2D eigenvalue weighted by molar-refractivity contribution is 0.0283. The zero-order chi connectivity index (χ0) is 18.1. The molecule has 1 fully saturated rings. The molecule has 0 saturated carbocycles. The third kappa shape index (κ3) is 3.07. The van der Waals surface area contributed by atoms with Crippen LogP contribution < -0.4 is 0 Å². The van der Waals surface area contributed by atoms with Crippen LogP contribution in [0.25, 0.3) is 5.69 Å². The molecule has 1 aliphatic heterocycles. The first kappa shape index (κ1) is 17.3. The minimum atomic E-state index is -3.62. The number of para-hydroxylation sites is 1. The number of aryl methyl sites for hydroxylation is 1. The highest BCUT2D eigenvalue weighted by Gasteiger charge is 2.38. The molecule has 2 aromatic heterocycles. The smallest absolute Gasteiger partial charge is 0.253 e. The molecule has 4 rings (SSSR count). The van der Waals surface area contributed by atoms with Crippen LogP contribution in [0.4, 0.5) is 0 Å². The van der Waals surface area contributed by atoms with Crippen molar-refractivity contribution >= 4 is 21.4 Å². The summed E-state index contributed by atoms with van der Waals surface area (Å²) in [6.07, 6.45) is 1.44. The number of aromatic nitrogens is 3. The van der Waals surface area contributed by atoms with Crippen molar-refractivity contribution in [2.45, 2.75) is 17.2 Å². The lowest BCUT2D eigenvalue weighted by Crippen LogP contribution is -2.44. The van der Waals surface area contributed by atoms with Crippen molar-refractivity contribution in [1.29, 1.82) is 0 Å². The van der Waals surface area contributed by atoms with Crippen molar-refractivity contribution in [3.63, 3.8) is 0 Å². The quantitative estimate of drug-likeness (QED) is 0.684. The Bertz CT molecular complexity index is 998. The third-order valence-corrected chi connectivity index (χ3v) is 7.66. The molecule has 9 heteroatoms. The van der Waals surface area contributed by atoms with Crippen molar-refractivity contribution in [2.75, 3.05) is 19.8 Å². The number of benzene rings is 1. The van der Waals surface area contributed by atoms with E-state index >= 15 is 0 Å². The van der Waals surface area contributed by atoms with Gasteiger partial charge in [-0.2, -0.15) is 9.40 Å². The van der Waals surface area contributed by atoms with Crippen molar-refractivity contribution in [2.24, 2.45) is 0 Å². The molecule has 26 heavy (non-hydrogen) atoms. The van der Waals surface area contributed by atoms with Gasteiger partial charge in [0.05, 0.1) is 18.9 Å². The fraction of sp³-hybridized carbons (Fsp3) is 0.294. The molecule has 1 unspecified atom stereocenters. The molecule has 0 bridgehead atoms. The van der Waals surface area contributed by atoms with Gasteiger partial charge in [-0.25, -0.2) is 18.1 Å². The van der Waals surface area contributed by atoms with Crippen molar-refractivity contribution in [1.82, 2.24) is 19.1 Å². The normalized spacial score (nSPS) is 18.9. The average Bonchev–Trinajstić information content (AvgIpc) is 3.32. The molecule has 1 aromatic carbocycles. The summed E-state index contributed by atoms with van der Waals surface area (Å²) < 4.78 is 35.4. The molecule has 0 radical (unpaired) electrons. The van der Waals surface area contributed by atoms with Gasteiger partial charge in [-0.3, -0.25) is 0 Å². The first-order chi connectivity index (χ1) is 12.6. The summed E-state index contributed by atoms with van der Waals surface area (Å²) in [5.41, 5.74) is 1.76. The first-order valence-electron chi connectivity index (χ1n) is 8.17.